The Hall–Kier alpha value is -2.83. The first kappa shape index (κ1) is 25.3. The van der Waals surface area contributed by atoms with Crippen LogP contribution in [0.25, 0.3) is 0 Å². The normalized spacial score (nSPS) is 17.6. The Morgan fingerprint density at radius 1 is 0.914 bits per heavy atom. The minimum Gasteiger partial charge on any atom is -0.486 e. The van der Waals surface area contributed by atoms with Crippen LogP contribution in [0.2, 0.25) is 0 Å². The van der Waals surface area contributed by atoms with Crippen LogP contribution in [-0.4, -0.2) is 83.6 Å². The summed E-state index contributed by atoms with van der Waals surface area (Å²) in [6.07, 6.45) is 1.04. The van der Waals surface area contributed by atoms with Crippen LogP contribution >= 0.6 is 0 Å². The summed E-state index contributed by atoms with van der Waals surface area (Å²) < 4.78 is 64.8. The number of rotatable bonds is 6. The molecule has 4 rings (SSSR count). The largest absolute Gasteiger partial charge is 0.486 e. The van der Waals surface area contributed by atoms with Crippen LogP contribution < -0.4 is 13.8 Å². The number of carbonyl (C=O) groups is 1. The third-order valence-corrected chi connectivity index (χ3v) is 9.21. The van der Waals surface area contributed by atoms with E-state index in [1.165, 1.54) is 16.1 Å². The predicted octanol–water partition coefficient (Wildman–Crippen LogP) is 1.45. The summed E-state index contributed by atoms with van der Waals surface area (Å²) in [6, 6.07) is 10.3. The average molecular weight is 524 g/mol. The molecule has 2 aliphatic heterocycles. The molecule has 1 fully saturated rings. The minimum absolute atomic E-state index is 0.123. The van der Waals surface area contributed by atoms with Crippen molar-refractivity contribution in [1.29, 1.82) is 0 Å². The lowest BCUT2D eigenvalue weighted by atomic mass is 10.2. The molecular formula is C23H29N3O7S2. The van der Waals surface area contributed by atoms with E-state index in [1.54, 1.807) is 42.5 Å². The summed E-state index contributed by atoms with van der Waals surface area (Å²) in [6.45, 7) is 4.72. The Kier molecular flexibility index (Phi) is 6.98. The summed E-state index contributed by atoms with van der Waals surface area (Å²) >= 11 is 0. The number of aryl methyl sites for hydroxylation is 1. The average Bonchev–Trinajstić information content (AvgIpc) is 2.83. The zero-order valence-electron chi connectivity index (χ0n) is 19.9. The molecule has 2 aliphatic rings. The molecule has 190 valence electrons. The second-order valence-corrected chi connectivity index (χ2v) is 12.4. The quantitative estimate of drug-likeness (QED) is 0.563. The van der Waals surface area contributed by atoms with Gasteiger partial charge in [0.15, 0.2) is 11.5 Å². The van der Waals surface area contributed by atoms with Crippen LogP contribution in [0.1, 0.15) is 12.5 Å². The van der Waals surface area contributed by atoms with Gasteiger partial charge in [0.25, 0.3) is 0 Å². The van der Waals surface area contributed by atoms with Gasteiger partial charge in [0.05, 0.1) is 16.8 Å². The molecule has 0 aromatic heterocycles. The summed E-state index contributed by atoms with van der Waals surface area (Å²) in [7, 11) is -7.49. The van der Waals surface area contributed by atoms with Gasteiger partial charge in [-0.05, 0) is 38.1 Å². The van der Waals surface area contributed by atoms with Crippen molar-refractivity contribution in [3.05, 3.63) is 48.0 Å². The van der Waals surface area contributed by atoms with Crippen molar-refractivity contribution in [2.45, 2.75) is 24.8 Å². The van der Waals surface area contributed by atoms with Crippen molar-refractivity contribution < 1.29 is 31.1 Å². The lowest BCUT2D eigenvalue weighted by Crippen LogP contribution is -2.56. The Bertz CT molecular complexity index is 1300. The van der Waals surface area contributed by atoms with Crippen molar-refractivity contribution in [3.63, 3.8) is 0 Å². The summed E-state index contributed by atoms with van der Waals surface area (Å²) in [5.41, 5.74) is 1.25. The van der Waals surface area contributed by atoms with Gasteiger partial charge in [-0.25, -0.2) is 16.8 Å². The van der Waals surface area contributed by atoms with Gasteiger partial charge in [-0.15, -0.1) is 0 Å². The van der Waals surface area contributed by atoms with Crippen molar-refractivity contribution >= 4 is 31.6 Å². The number of nitrogens with zero attached hydrogens (tertiary/aromatic N) is 3. The Morgan fingerprint density at radius 2 is 1.51 bits per heavy atom. The van der Waals surface area contributed by atoms with E-state index in [-0.39, 0.29) is 36.8 Å². The van der Waals surface area contributed by atoms with E-state index in [0.717, 1.165) is 16.1 Å². The van der Waals surface area contributed by atoms with Crippen LogP contribution in [-0.2, 0) is 24.8 Å². The van der Waals surface area contributed by atoms with Gasteiger partial charge in [0.2, 0.25) is 26.0 Å². The maximum absolute atomic E-state index is 13.3. The lowest BCUT2D eigenvalue weighted by Gasteiger charge is -2.37. The molecule has 2 heterocycles. The third-order valence-electron chi connectivity index (χ3n) is 6.06. The second-order valence-electron chi connectivity index (χ2n) is 8.61. The first-order chi connectivity index (χ1) is 16.5. The highest BCUT2D eigenvalue weighted by atomic mass is 32.2. The minimum atomic E-state index is -3.82. The highest BCUT2D eigenvalue weighted by Crippen LogP contribution is 2.35. The number of benzene rings is 2. The number of sulfonamides is 2. The molecule has 1 saturated heterocycles. The van der Waals surface area contributed by atoms with Crippen LogP contribution in [0.15, 0.2) is 47.4 Å². The van der Waals surface area contributed by atoms with Gasteiger partial charge in [-0.1, -0.05) is 17.7 Å². The van der Waals surface area contributed by atoms with Crippen LogP contribution in [0, 0.1) is 6.92 Å². The number of anilines is 1. The highest BCUT2D eigenvalue weighted by molar-refractivity contribution is 7.92. The van der Waals surface area contributed by atoms with Crippen LogP contribution in [0.3, 0.4) is 0 Å². The molecular weight excluding hydrogens is 494 g/mol. The number of hydrogen-bond donors (Lipinski definition) is 0. The maximum atomic E-state index is 13.3. The van der Waals surface area contributed by atoms with Crippen molar-refractivity contribution in [2.24, 2.45) is 0 Å². The zero-order valence-corrected chi connectivity index (χ0v) is 21.5. The van der Waals surface area contributed by atoms with E-state index >= 15 is 0 Å². The Morgan fingerprint density at radius 3 is 2.11 bits per heavy atom. The molecule has 0 bridgehead atoms. The van der Waals surface area contributed by atoms with E-state index in [1.807, 2.05) is 6.92 Å². The third kappa shape index (κ3) is 5.24. The highest BCUT2D eigenvalue weighted by Gasteiger charge is 2.36. The maximum Gasteiger partial charge on any atom is 0.246 e. The van der Waals surface area contributed by atoms with E-state index in [0.29, 0.717) is 24.7 Å². The van der Waals surface area contributed by atoms with Gasteiger partial charge in [0.1, 0.15) is 19.3 Å². The van der Waals surface area contributed by atoms with Crippen molar-refractivity contribution in [1.82, 2.24) is 9.21 Å². The van der Waals surface area contributed by atoms with Crippen molar-refractivity contribution in [2.75, 3.05) is 50.0 Å². The predicted molar refractivity (Wildman–Crippen MR) is 131 cm³/mol. The topological polar surface area (TPSA) is 114 Å². The van der Waals surface area contributed by atoms with E-state index in [9.17, 15) is 21.6 Å². The molecule has 1 amide bonds. The Labute approximate surface area is 206 Å². The van der Waals surface area contributed by atoms with E-state index in [2.05, 4.69) is 0 Å². The fraction of sp³-hybridized carbons (Fsp3) is 0.435. The molecule has 0 spiro atoms. The monoisotopic (exact) mass is 523 g/mol. The molecule has 0 radical (unpaired) electrons. The molecule has 2 aromatic rings. The molecule has 2 aromatic carbocycles. The summed E-state index contributed by atoms with van der Waals surface area (Å²) in [5.74, 6) is 0.521. The first-order valence-electron chi connectivity index (χ1n) is 11.2. The molecule has 10 nitrogen and oxygen atoms in total. The SMILES string of the molecule is Cc1ccc(S(=O)(=O)N2CCN(C(=O)C(C)N(c3ccc4c(c3)OCCO4)S(C)(=O)=O)CC2)cc1. The summed E-state index contributed by atoms with van der Waals surface area (Å²) in [4.78, 5) is 15.0. The van der Waals surface area contributed by atoms with Gasteiger partial charge >= 0.3 is 0 Å². The number of piperazine rings is 1. The fourth-order valence-electron chi connectivity index (χ4n) is 4.24. The van der Waals surface area contributed by atoms with Crippen LogP contribution in [0.5, 0.6) is 11.5 Å². The van der Waals surface area contributed by atoms with Gasteiger partial charge in [-0.3, -0.25) is 9.10 Å². The smallest absolute Gasteiger partial charge is 0.246 e. The summed E-state index contributed by atoms with van der Waals surface area (Å²) in [5, 5.41) is 0. The number of amides is 1. The van der Waals surface area contributed by atoms with E-state index < -0.39 is 32.0 Å². The number of carbonyl (C=O) groups excluding carboxylic acids is 1. The van der Waals surface area contributed by atoms with Crippen LogP contribution in [0.4, 0.5) is 5.69 Å². The van der Waals surface area contributed by atoms with Gasteiger partial charge in [-0.2, -0.15) is 4.31 Å². The van der Waals surface area contributed by atoms with Crippen molar-refractivity contribution in [3.8, 4) is 11.5 Å². The fourth-order valence-corrected chi connectivity index (χ4v) is 6.83. The molecule has 1 unspecified atom stereocenters. The molecule has 12 heteroatoms. The number of fused-ring (bicyclic) bond motifs is 1. The molecule has 35 heavy (non-hydrogen) atoms. The number of ether oxygens (including phenoxy) is 2. The standard InChI is InChI=1S/C23H29N3O7S2/c1-17-4-7-20(8-5-17)35(30,31)25-12-10-24(11-13-25)23(27)18(2)26(34(3,28)29)19-6-9-21-22(16-19)33-15-14-32-21/h4-9,16,18H,10-15H2,1-3H3. The molecule has 1 atom stereocenters. The molecule has 0 aliphatic carbocycles. The van der Waals surface area contributed by atoms with Gasteiger partial charge < -0.3 is 14.4 Å². The number of hydrogen-bond acceptors (Lipinski definition) is 7. The Balaban J connectivity index is 1.49. The van der Waals surface area contributed by atoms with E-state index in [4.69, 9.17) is 9.47 Å². The van der Waals surface area contributed by atoms with Gasteiger partial charge in [0, 0.05) is 32.2 Å². The second kappa shape index (κ2) is 9.67. The zero-order chi connectivity index (χ0) is 25.4. The lowest BCUT2D eigenvalue weighted by molar-refractivity contribution is -0.133. The molecule has 0 N–H and O–H groups in total. The molecule has 0 saturated carbocycles. The first-order valence-corrected chi connectivity index (χ1v) is 14.5.